The second kappa shape index (κ2) is 2.76. The predicted molar refractivity (Wildman–Crippen MR) is 48.4 cm³/mol. The molecule has 0 saturated heterocycles. The smallest absolute Gasteiger partial charge is 0.0356 e. The Hall–Kier alpha value is -0.0800. The first kappa shape index (κ1) is 9.01. The highest BCUT2D eigenvalue weighted by molar-refractivity contribution is 5.05. The molecular weight excluding hydrogens is 136 g/mol. The maximum atomic E-state index is 5.78. The van der Waals surface area contributed by atoms with Crippen LogP contribution in [-0.2, 0) is 0 Å². The van der Waals surface area contributed by atoms with Crippen LogP contribution in [0.2, 0.25) is 0 Å². The minimum Gasteiger partial charge on any atom is -0.329 e. The van der Waals surface area contributed by atoms with Gasteiger partial charge in [-0.25, -0.2) is 0 Å². The van der Waals surface area contributed by atoms with E-state index >= 15 is 0 Å². The van der Waals surface area contributed by atoms with Crippen molar-refractivity contribution in [2.75, 3.05) is 20.6 Å². The van der Waals surface area contributed by atoms with Crippen molar-refractivity contribution in [2.24, 2.45) is 17.6 Å². The number of rotatable bonds is 2. The molecule has 0 heterocycles. The summed E-state index contributed by atoms with van der Waals surface area (Å²) < 4.78 is 0. The van der Waals surface area contributed by atoms with E-state index in [0.29, 0.717) is 5.54 Å². The zero-order valence-electron chi connectivity index (χ0n) is 8.09. The molecule has 0 radical (unpaired) electrons. The number of nitrogens with two attached hydrogens (primary N) is 1. The fraction of sp³-hybridized carbons (Fsp3) is 1.00. The Bertz CT molecular complexity index is 144. The average molecular weight is 156 g/mol. The molecule has 0 spiro atoms. The first-order valence-corrected chi connectivity index (χ1v) is 4.42. The van der Waals surface area contributed by atoms with E-state index in [1.807, 2.05) is 0 Å². The Labute approximate surface area is 69.8 Å². The van der Waals surface area contributed by atoms with Crippen LogP contribution in [0.25, 0.3) is 0 Å². The molecule has 3 atom stereocenters. The summed E-state index contributed by atoms with van der Waals surface area (Å²) in [5.41, 5.74) is 6.09. The van der Waals surface area contributed by atoms with Crippen LogP contribution in [-0.4, -0.2) is 31.1 Å². The van der Waals surface area contributed by atoms with Crippen molar-refractivity contribution >= 4 is 0 Å². The number of nitrogens with zero attached hydrogens (tertiary/aromatic N) is 1. The van der Waals surface area contributed by atoms with Gasteiger partial charge in [0.05, 0.1) is 0 Å². The van der Waals surface area contributed by atoms with Crippen LogP contribution < -0.4 is 5.73 Å². The number of hydrogen-bond acceptors (Lipinski definition) is 2. The molecule has 1 fully saturated rings. The molecule has 3 unspecified atom stereocenters. The van der Waals surface area contributed by atoms with Crippen molar-refractivity contribution in [2.45, 2.75) is 25.8 Å². The SMILES string of the molecule is CC1CC(CN)(N(C)C)C1C. The van der Waals surface area contributed by atoms with Gasteiger partial charge in [0, 0.05) is 12.1 Å². The molecule has 1 aliphatic rings. The van der Waals surface area contributed by atoms with E-state index in [4.69, 9.17) is 5.73 Å². The van der Waals surface area contributed by atoms with E-state index in [1.165, 1.54) is 6.42 Å². The third-order valence-electron chi connectivity index (χ3n) is 3.62. The summed E-state index contributed by atoms with van der Waals surface area (Å²) in [6, 6.07) is 0. The lowest BCUT2D eigenvalue weighted by Gasteiger charge is -2.56. The first-order valence-electron chi connectivity index (χ1n) is 4.42. The molecule has 66 valence electrons. The minimum atomic E-state index is 0.305. The summed E-state index contributed by atoms with van der Waals surface area (Å²) in [4.78, 5) is 2.29. The molecular formula is C9H20N2. The molecule has 0 aromatic rings. The summed E-state index contributed by atoms with van der Waals surface area (Å²) in [6.07, 6.45) is 1.26. The molecule has 0 bridgehead atoms. The standard InChI is InChI=1S/C9H20N2/c1-7-5-9(6-10,8(7)2)11(3)4/h7-8H,5-6,10H2,1-4H3. The highest BCUT2D eigenvalue weighted by atomic mass is 15.2. The van der Waals surface area contributed by atoms with Gasteiger partial charge >= 0.3 is 0 Å². The van der Waals surface area contributed by atoms with Gasteiger partial charge in [-0.15, -0.1) is 0 Å². The van der Waals surface area contributed by atoms with Crippen molar-refractivity contribution in [1.82, 2.24) is 4.90 Å². The molecule has 0 amide bonds. The van der Waals surface area contributed by atoms with Gasteiger partial charge in [0.2, 0.25) is 0 Å². The summed E-state index contributed by atoms with van der Waals surface area (Å²) >= 11 is 0. The Morgan fingerprint density at radius 1 is 1.45 bits per heavy atom. The van der Waals surface area contributed by atoms with Gasteiger partial charge in [0.1, 0.15) is 0 Å². The fourth-order valence-electron chi connectivity index (χ4n) is 2.33. The predicted octanol–water partition coefficient (Wildman–Crippen LogP) is 0.921. The molecule has 2 N–H and O–H groups in total. The molecule has 2 heteroatoms. The maximum Gasteiger partial charge on any atom is 0.0356 e. The van der Waals surface area contributed by atoms with Crippen molar-refractivity contribution < 1.29 is 0 Å². The van der Waals surface area contributed by atoms with E-state index in [9.17, 15) is 0 Å². The van der Waals surface area contributed by atoms with Gasteiger partial charge in [0.15, 0.2) is 0 Å². The highest BCUT2D eigenvalue weighted by Gasteiger charge is 2.49. The van der Waals surface area contributed by atoms with Crippen LogP contribution in [0.3, 0.4) is 0 Å². The molecule has 2 nitrogen and oxygen atoms in total. The molecule has 1 rings (SSSR count). The summed E-state index contributed by atoms with van der Waals surface area (Å²) in [7, 11) is 4.27. The first-order chi connectivity index (χ1) is 5.04. The van der Waals surface area contributed by atoms with Crippen LogP contribution in [0.1, 0.15) is 20.3 Å². The van der Waals surface area contributed by atoms with E-state index in [0.717, 1.165) is 18.4 Å². The summed E-state index contributed by atoms with van der Waals surface area (Å²) in [5, 5.41) is 0. The topological polar surface area (TPSA) is 29.3 Å². The largest absolute Gasteiger partial charge is 0.329 e. The third-order valence-corrected chi connectivity index (χ3v) is 3.62. The molecule has 0 aromatic heterocycles. The van der Waals surface area contributed by atoms with Gasteiger partial charge in [-0.1, -0.05) is 13.8 Å². The second-order valence-electron chi connectivity index (χ2n) is 4.17. The van der Waals surface area contributed by atoms with Gasteiger partial charge < -0.3 is 10.6 Å². The third kappa shape index (κ3) is 1.09. The van der Waals surface area contributed by atoms with Gasteiger partial charge in [-0.05, 0) is 32.4 Å². The molecule has 1 aliphatic carbocycles. The van der Waals surface area contributed by atoms with Crippen LogP contribution in [0.5, 0.6) is 0 Å². The van der Waals surface area contributed by atoms with Crippen molar-refractivity contribution in [3.8, 4) is 0 Å². The molecule has 0 aliphatic heterocycles. The molecule has 11 heavy (non-hydrogen) atoms. The van der Waals surface area contributed by atoms with Crippen LogP contribution >= 0.6 is 0 Å². The lowest BCUT2D eigenvalue weighted by Crippen LogP contribution is -2.64. The summed E-state index contributed by atoms with van der Waals surface area (Å²) in [5.74, 6) is 1.60. The lowest BCUT2D eigenvalue weighted by atomic mass is 9.60. The lowest BCUT2D eigenvalue weighted by molar-refractivity contribution is -0.0437. The van der Waals surface area contributed by atoms with E-state index < -0.39 is 0 Å². The summed E-state index contributed by atoms with van der Waals surface area (Å²) in [6.45, 7) is 5.41. The highest BCUT2D eigenvalue weighted by Crippen LogP contribution is 2.45. The Kier molecular flexibility index (Phi) is 2.26. The fourth-order valence-corrected chi connectivity index (χ4v) is 2.33. The number of hydrogen-bond donors (Lipinski definition) is 1. The average Bonchev–Trinajstić information content (AvgIpc) is 1.98. The van der Waals surface area contributed by atoms with Gasteiger partial charge in [0.25, 0.3) is 0 Å². The van der Waals surface area contributed by atoms with Crippen molar-refractivity contribution in [3.05, 3.63) is 0 Å². The van der Waals surface area contributed by atoms with Crippen molar-refractivity contribution in [1.29, 1.82) is 0 Å². The quantitative estimate of drug-likeness (QED) is 0.644. The molecule has 1 saturated carbocycles. The normalized spacial score (nSPS) is 44.2. The van der Waals surface area contributed by atoms with Gasteiger partial charge in [-0.3, -0.25) is 0 Å². The number of likely N-dealkylation sites (N-methyl/N-ethyl adjacent to an activating group) is 1. The van der Waals surface area contributed by atoms with Crippen LogP contribution in [0, 0.1) is 11.8 Å². The monoisotopic (exact) mass is 156 g/mol. The maximum absolute atomic E-state index is 5.78. The second-order valence-corrected chi connectivity index (χ2v) is 4.17. The van der Waals surface area contributed by atoms with Crippen LogP contribution in [0.15, 0.2) is 0 Å². The van der Waals surface area contributed by atoms with Crippen LogP contribution in [0.4, 0.5) is 0 Å². The Balaban J connectivity index is 2.65. The van der Waals surface area contributed by atoms with Crippen molar-refractivity contribution in [3.63, 3.8) is 0 Å². The van der Waals surface area contributed by atoms with Gasteiger partial charge in [-0.2, -0.15) is 0 Å². The Morgan fingerprint density at radius 3 is 2.09 bits per heavy atom. The minimum absolute atomic E-state index is 0.305. The zero-order chi connectivity index (χ0) is 8.65. The van der Waals surface area contributed by atoms with E-state index in [2.05, 4.69) is 32.8 Å². The zero-order valence-corrected chi connectivity index (χ0v) is 8.09. The molecule has 0 aromatic carbocycles. The van der Waals surface area contributed by atoms with E-state index in [-0.39, 0.29) is 0 Å². The Morgan fingerprint density at radius 2 is 2.00 bits per heavy atom. The van der Waals surface area contributed by atoms with E-state index in [1.54, 1.807) is 0 Å².